The molecule has 6 atom stereocenters. The molecule has 14 nitrogen and oxygen atoms in total. The van der Waals surface area contributed by atoms with Crippen LogP contribution in [0.4, 0.5) is 9.59 Å². The summed E-state index contributed by atoms with van der Waals surface area (Å²) in [5.74, 6) is 8.03. The van der Waals surface area contributed by atoms with Crippen LogP contribution in [0.25, 0.3) is 20.0 Å². The van der Waals surface area contributed by atoms with Crippen LogP contribution in [0.2, 0.25) is 0 Å². The number of thiophene rings is 2. The van der Waals surface area contributed by atoms with Crippen LogP contribution >= 0.6 is 22.7 Å². The van der Waals surface area contributed by atoms with Gasteiger partial charge in [0.15, 0.2) is 0 Å². The lowest BCUT2D eigenvalue weighted by molar-refractivity contribution is -0.136. The molecule has 0 aliphatic carbocycles. The Bertz CT molecular complexity index is 2140. The van der Waals surface area contributed by atoms with E-state index in [1.807, 2.05) is 51.3 Å². The Morgan fingerprint density at radius 1 is 0.768 bits per heavy atom. The molecule has 300 valence electrons. The second-order valence-electron chi connectivity index (χ2n) is 15.8. The minimum Gasteiger partial charge on any atom is -0.453 e. The summed E-state index contributed by atoms with van der Waals surface area (Å²) in [7, 11) is 2.58. The van der Waals surface area contributed by atoms with Gasteiger partial charge in [-0.3, -0.25) is 9.59 Å². The molecule has 4 aromatic heterocycles. The Morgan fingerprint density at radius 3 is 1.77 bits per heavy atom. The fourth-order valence-corrected chi connectivity index (χ4v) is 9.94. The first-order valence-corrected chi connectivity index (χ1v) is 20.7. The number of fused-ring (bicyclic) bond motifs is 1. The number of amides is 4. The molecular weight excluding hydrogens is 753 g/mol. The third kappa shape index (κ3) is 8.44. The molecule has 4 amide bonds. The molecule has 2 saturated heterocycles. The molecule has 0 bridgehead atoms. The Balaban J connectivity index is 1.18. The quantitative estimate of drug-likeness (QED) is 0.136. The Morgan fingerprint density at radius 2 is 1.27 bits per heavy atom. The molecule has 0 unspecified atom stereocenters. The van der Waals surface area contributed by atoms with Crippen molar-refractivity contribution >= 4 is 56.1 Å². The van der Waals surface area contributed by atoms with Gasteiger partial charge in [0.25, 0.3) is 0 Å². The molecule has 6 heterocycles. The largest absolute Gasteiger partial charge is 0.453 e. The van der Waals surface area contributed by atoms with Crippen molar-refractivity contribution in [3.05, 3.63) is 45.7 Å². The standard InChI is InChI=1S/C40H52N8O6S2/c1-19(2)32(45-39(51)53-9)37(49)47-17-21(5)13-27(47)35-41-23(7)26(43-35)12-11-25-15-29-30(55-25)16-31(56-29)34-24(8)42-36(44-34)28-14-22(6)18-48(28)38(50)33(20(3)4)46-40(52)54-10/h15-16,19-22,27-28,32-33H,13-14,17-18H2,1-10H3,(H,41,43)(H,42,44)(H,45,51)(H,46,52)/t21-,22-,27-,28-,32-,33-/m0/s1. The average molecular weight is 805 g/mol. The van der Waals surface area contributed by atoms with E-state index in [0.717, 1.165) is 54.9 Å². The number of hydrogen-bond acceptors (Lipinski definition) is 10. The lowest BCUT2D eigenvalue weighted by Crippen LogP contribution is -2.51. The average Bonchev–Trinajstić information content (AvgIpc) is 4.00. The molecule has 2 aliphatic heterocycles. The lowest BCUT2D eigenvalue weighted by Gasteiger charge is -2.30. The SMILES string of the molecule is COC(=O)N[C@H](C(=O)N1C[C@@H](C)C[C@H]1c1nc(C)c(C#Cc2cc3sc(-c4[nH]c([C@@H]5C[C@H](C)CN5C(=O)[C@@H](NC(=O)OC)C(C)C)nc4C)cc3s2)[nH]1)C(C)C. The van der Waals surface area contributed by atoms with Crippen molar-refractivity contribution in [1.82, 2.24) is 40.4 Å². The molecule has 16 heteroatoms. The van der Waals surface area contributed by atoms with E-state index in [9.17, 15) is 19.2 Å². The fourth-order valence-electron chi connectivity index (χ4n) is 7.64. The summed E-state index contributed by atoms with van der Waals surface area (Å²) in [5, 5.41) is 5.43. The first-order chi connectivity index (χ1) is 26.6. The van der Waals surface area contributed by atoms with E-state index in [1.54, 1.807) is 22.7 Å². The van der Waals surface area contributed by atoms with Crippen LogP contribution in [0, 0.1) is 49.4 Å². The highest BCUT2D eigenvalue weighted by Crippen LogP contribution is 2.41. The number of methoxy groups -OCH3 is 2. The third-order valence-electron chi connectivity index (χ3n) is 10.6. The topological polar surface area (TPSA) is 175 Å². The number of aryl methyl sites for hydroxylation is 2. The molecule has 2 aliphatic rings. The van der Waals surface area contributed by atoms with Crippen molar-refractivity contribution in [1.29, 1.82) is 0 Å². The van der Waals surface area contributed by atoms with Crippen molar-refractivity contribution in [2.75, 3.05) is 27.3 Å². The van der Waals surface area contributed by atoms with Gasteiger partial charge in [-0.2, -0.15) is 0 Å². The van der Waals surface area contributed by atoms with Gasteiger partial charge in [-0.1, -0.05) is 41.5 Å². The number of hydrogen-bond donors (Lipinski definition) is 4. The van der Waals surface area contributed by atoms with Crippen LogP contribution in [0.5, 0.6) is 0 Å². The van der Waals surface area contributed by atoms with Crippen molar-refractivity contribution in [3.63, 3.8) is 0 Å². The summed E-state index contributed by atoms with van der Waals surface area (Å²) < 4.78 is 11.8. The van der Waals surface area contributed by atoms with E-state index < -0.39 is 24.3 Å². The molecule has 0 spiro atoms. The zero-order valence-corrected chi connectivity index (χ0v) is 35.3. The molecular formula is C40H52N8O6S2. The Labute approximate surface area is 335 Å². The molecule has 2 fully saturated rings. The summed E-state index contributed by atoms with van der Waals surface area (Å²) in [6.45, 7) is 16.9. The number of carbonyl (C=O) groups is 4. The highest BCUT2D eigenvalue weighted by molar-refractivity contribution is 7.29. The van der Waals surface area contributed by atoms with Crippen LogP contribution in [0.3, 0.4) is 0 Å². The summed E-state index contributed by atoms with van der Waals surface area (Å²) >= 11 is 3.28. The summed E-state index contributed by atoms with van der Waals surface area (Å²) in [6, 6.07) is 2.34. The van der Waals surface area contributed by atoms with E-state index >= 15 is 0 Å². The number of rotatable bonds is 9. The van der Waals surface area contributed by atoms with Gasteiger partial charge < -0.3 is 39.9 Å². The minimum absolute atomic E-state index is 0.118. The predicted molar refractivity (Wildman–Crippen MR) is 216 cm³/mol. The van der Waals surface area contributed by atoms with Crippen molar-refractivity contribution in [2.24, 2.45) is 23.7 Å². The van der Waals surface area contributed by atoms with Crippen LogP contribution in [-0.4, -0.2) is 93.1 Å². The zero-order chi connectivity index (χ0) is 40.6. The minimum atomic E-state index is -0.712. The summed E-state index contributed by atoms with van der Waals surface area (Å²) in [6.07, 6.45) is 0.256. The number of alkyl carbamates (subject to hydrolysis) is 2. The van der Waals surface area contributed by atoms with Gasteiger partial charge in [0.1, 0.15) is 29.4 Å². The highest BCUT2D eigenvalue weighted by atomic mass is 32.1. The van der Waals surface area contributed by atoms with Crippen LogP contribution in [0.1, 0.15) is 100 Å². The summed E-state index contributed by atoms with van der Waals surface area (Å²) in [4.78, 5) is 73.8. The monoisotopic (exact) mass is 804 g/mol. The van der Waals surface area contributed by atoms with Gasteiger partial charge in [-0.05, 0) is 74.3 Å². The van der Waals surface area contributed by atoms with Gasteiger partial charge in [0.2, 0.25) is 11.8 Å². The maximum absolute atomic E-state index is 13.8. The normalized spacial score (nSPS) is 20.6. The lowest BCUT2D eigenvalue weighted by atomic mass is 10.0. The first kappa shape index (κ1) is 40.8. The second-order valence-corrected chi connectivity index (χ2v) is 17.9. The van der Waals surface area contributed by atoms with Gasteiger partial charge in [0, 0.05) is 22.5 Å². The second kappa shape index (κ2) is 16.7. The van der Waals surface area contributed by atoms with E-state index in [-0.39, 0.29) is 47.6 Å². The maximum atomic E-state index is 13.8. The molecule has 56 heavy (non-hydrogen) atoms. The molecule has 4 aromatic rings. The number of aromatic nitrogens is 4. The van der Waals surface area contributed by atoms with Crippen LogP contribution in [-0.2, 0) is 19.1 Å². The Kier molecular flexibility index (Phi) is 12.2. The molecule has 4 N–H and O–H groups in total. The molecule has 0 saturated carbocycles. The zero-order valence-electron chi connectivity index (χ0n) is 33.7. The molecule has 0 aromatic carbocycles. The number of carbonyl (C=O) groups excluding carboxylic acids is 4. The van der Waals surface area contributed by atoms with Crippen molar-refractivity contribution < 1.29 is 28.7 Å². The number of nitrogens with zero attached hydrogens (tertiary/aromatic N) is 4. The van der Waals surface area contributed by atoms with Crippen LogP contribution < -0.4 is 10.6 Å². The first-order valence-electron chi connectivity index (χ1n) is 19.1. The fraction of sp³-hybridized carbons (Fsp3) is 0.550. The predicted octanol–water partition coefficient (Wildman–Crippen LogP) is 6.67. The van der Waals surface area contributed by atoms with Gasteiger partial charge >= 0.3 is 12.2 Å². The van der Waals surface area contributed by atoms with Crippen molar-refractivity contribution in [2.45, 2.75) is 92.4 Å². The summed E-state index contributed by atoms with van der Waals surface area (Å²) in [5.41, 5.74) is 3.25. The highest BCUT2D eigenvalue weighted by Gasteiger charge is 2.42. The smallest absolute Gasteiger partial charge is 0.407 e. The van der Waals surface area contributed by atoms with Crippen LogP contribution in [0.15, 0.2) is 12.1 Å². The van der Waals surface area contributed by atoms with E-state index in [1.165, 1.54) is 14.2 Å². The molecule has 0 radical (unpaired) electrons. The number of ether oxygens (including phenoxy) is 2. The van der Waals surface area contributed by atoms with Crippen molar-refractivity contribution in [3.8, 4) is 22.4 Å². The van der Waals surface area contributed by atoms with Gasteiger partial charge in [-0.25, -0.2) is 19.6 Å². The maximum Gasteiger partial charge on any atom is 0.407 e. The third-order valence-corrected chi connectivity index (χ3v) is 12.8. The number of imidazole rings is 2. The number of nitrogens with one attached hydrogen (secondary N) is 4. The van der Waals surface area contributed by atoms with Gasteiger partial charge in [0.05, 0.1) is 53.1 Å². The van der Waals surface area contributed by atoms with E-state index in [4.69, 9.17) is 19.4 Å². The number of H-pyrrole nitrogens is 2. The van der Waals surface area contributed by atoms with E-state index in [2.05, 4.69) is 58.4 Å². The van der Waals surface area contributed by atoms with Gasteiger partial charge in [-0.15, -0.1) is 22.7 Å². The number of likely N-dealkylation sites (tertiary alicyclic amines) is 2. The molecule has 6 rings (SSSR count). The Hall–Kier alpha value is -4.88. The van der Waals surface area contributed by atoms with E-state index in [0.29, 0.717) is 24.6 Å². The number of aromatic amines is 2.